The fraction of sp³-hybridized carbons (Fsp3) is 0.586. The van der Waals surface area contributed by atoms with Crippen LogP contribution in [0.25, 0.3) is 0 Å². The number of sulfonamides is 1. The molecule has 0 saturated heterocycles. The summed E-state index contributed by atoms with van der Waals surface area (Å²) in [7, 11) is -4.10. The van der Waals surface area contributed by atoms with E-state index in [1.165, 1.54) is 48.2 Å². The first-order chi connectivity index (χ1) is 20.0. The Morgan fingerprint density at radius 2 is 1.75 bits per heavy atom. The van der Waals surface area contributed by atoms with Crippen molar-refractivity contribution in [3.05, 3.63) is 58.7 Å². The summed E-state index contributed by atoms with van der Waals surface area (Å²) in [5.74, 6) is -0.541. The summed E-state index contributed by atoms with van der Waals surface area (Å²) in [6.07, 6.45) is 2.03. The Labute approximate surface area is 261 Å². The number of benzene rings is 1. The van der Waals surface area contributed by atoms with Crippen molar-refractivity contribution in [3.63, 3.8) is 0 Å². The summed E-state index contributed by atoms with van der Waals surface area (Å²) in [6.45, 7) is 18.3. The molecule has 1 aliphatic heterocycles. The van der Waals surface area contributed by atoms with Crippen LogP contribution in [0, 0.1) is 10.1 Å². The van der Waals surface area contributed by atoms with E-state index in [1.54, 1.807) is 20.8 Å². The van der Waals surface area contributed by atoms with E-state index < -0.39 is 63.5 Å². The topological polar surface area (TPSA) is 149 Å². The van der Waals surface area contributed by atoms with Gasteiger partial charge < -0.3 is 14.1 Å². The van der Waals surface area contributed by atoms with Gasteiger partial charge in [-0.05, 0) is 51.0 Å². The van der Waals surface area contributed by atoms with Gasteiger partial charge in [0.15, 0.2) is 13.2 Å². The smallest absolute Gasteiger partial charge is 0.410 e. The molecule has 0 saturated carbocycles. The van der Waals surface area contributed by atoms with Gasteiger partial charge in [0.2, 0.25) is 0 Å². The predicted octanol–water partition coefficient (Wildman–Crippen LogP) is 4.73. The molecule has 1 aromatic carbocycles. The van der Waals surface area contributed by atoms with Crippen molar-refractivity contribution in [3.8, 4) is 0 Å². The summed E-state index contributed by atoms with van der Waals surface area (Å²) in [5.41, 5.74) is -1.56. The molecule has 246 valence electrons. The van der Waals surface area contributed by atoms with Crippen LogP contribution in [0.1, 0.15) is 41.5 Å². The number of hydroxylamine groups is 1. The van der Waals surface area contributed by atoms with Gasteiger partial charge in [-0.2, -0.15) is 0 Å². The zero-order valence-electron chi connectivity index (χ0n) is 27.3. The summed E-state index contributed by atoms with van der Waals surface area (Å²) in [4.78, 5) is 45.8. The fourth-order valence-corrected chi connectivity index (χ4v) is 6.62. The number of carbonyl (C=O) groups is 2. The Kier molecular flexibility index (Phi) is 11.7. The first kappa shape index (κ1) is 37.1. The van der Waals surface area contributed by atoms with E-state index in [0.717, 1.165) is 12.1 Å². The Balaban J connectivity index is 2.81. The number of para-hydroxylation sites is 1. The summed E-state index contributed by atoms with van der Waals surface area (Å²) >= 11 is 0. The number of hydrogen-bond donors (Lipinski definition) is 0. The van der Waals surface area contributed by atoms with Crippen molar-refractivity contribution in [1.29, 1.82) is 0 Å². The quantitative estimate of drug-likeness (QED) is 0.143. The molecular formula is C29H46N4O9SSi. The Morgan fingerprint density at radius 3 is 2.25 bits per heavy atom. The minimum Gasteiger partial charge on any atom is -0.444 e. The molecule has 0 aromatic heterocycles. The fourth-order valence-electron chi connectivity index (χ4n) is 4.04. The normalized spacial score (nSPS) is 18.1. The summed E-state index contributed by atoms with van der Waals surface area (Å²) < 4.78 is 40.9. The number of likely N-dealkylation sites (N-methyl/N-ethyl adjacent to an activating group) is 1. The average Bonchev–Trinajstić information content (AvgIpc) is 2.89. The second kappa shape index (κ2) is 13.9. The highest BCUT2D eigenvalue weighted by Gasteiger charge is 2.47. The van der Waals surface area contributed by atoms with Gasteiger partial charge in [0.1, 0.15) is 5.60 Å². The van der Waals surface area contributed by atoms with Crippen molar-refractivity contribution >= 4 is 36.0 Å². The number of ether oxygens (including phenoxy) is 1. The molecule has 0 N–H and O–H groups in total. The van der Waals surface area contributed by atoms with Gasteiger partial charge in [-0.15, -0.1) is 6.58 Å². The monoisotopic (exact) mass is 654 g/mol. The summed E-state index contributed by atoms with van der Waals surface area (Å²) in [5, 5.41) is 11.6. The molecule has 2 rings (SSSR count). The van der Waals surface area contributed by atoms with E-state index in [9.17, 15) is 28.1 Å². The largest absolute Gasteiger partial charge is 0.444 e. The standard InChI is InChI=1S/C29H46N4O9SSi/c1-12-17-40-33(43(38,39)25-16-14-13-15-23(25)32(36)37)24-19-31(27(35)42-28(2,3)4)21(18-22(24)26(34)30(8)9)20-41-44(10,11)29(5,6)7/h12-16,18,21,24H,1,17,19-20H2,2-11H3. The van der Waals surface area contributed by atoms with Crippen LogP contribution in [0.2, 0.25) is 18.1 Å². The minimum atomic E-state index is -4.79. The molecule has 1 heterocycles. The minimum absolute atomic E-state index is 0.00450. The molecule has 0 radical (unpaired) electrons. The van der Waals surface area contributed by atoms with Crippen LogP contribution in [0.4, 0.5) is 10.5 Å². The molecule has 15 heteroatoms. The van der Waals surface area contributed by atoms with E-state index in [1.807, 2.05) is 0 Å². The number of rotatable bonds is 11. The van der Waals surface area contributed by atoms with Crippen LogP contribution >= 0.6 is 0 Å². The number of nitrogens with zero attached hydrogens (tertiary/aromatic N) is 4. The van der Waals surface area contributed by atoms with Crippen LogP contribution in [0.5, 0.6) is 0 Å². The highest BCUT2D eigenvalue weighted by Crippen LogP contribution is 2.38. The number of nitro benzene ring substituents is 1. The molecule has 2 atom stereocenters. The lowest BCUT2D eigenvalue weighted by Crippen LogP contribution is -2.58. The van der Waals surface area contributed by atoms with Crippen LogP contribution in [0.15, 0.2) is 53.5 Å². The zero-order chi connectivity index (χ0) is 33.8. The van der Waals surface area contributed by atoms with Gasteiger partial charge in [-0.25, -0.2) is 13.2 Å². The molecule has 1 aliphatic rings. The molecule has 0 fully saturated rings. The maximum absolute atomic E-state index is 14.1. The van der Waals surface area contributed by atoms with Crippen LogP contribution in [-0.2, 0) is 28.8 Å². The van der Waals surface area contributed by atoms with Crippen molar-refractivity contribution in [2.24, 2.45) is 0 Å². The van der Waals surface area contributed by atoms with E-state index in [0.29, 0.717) is 4.47 Å². The SMILES string of the molecule is C=CCON(C1CN(C(=O)OC(C)(C)C)C(CO[Si](C)(C)C(C)(C)C)C=C1C(=O)N(C)C)S(=O)(=O)c1ccccc1[N+](=O)[O-]. The van der Waals surface area contributed by atoms with Crippen molar-refractivity contribution in [2.45, 2.75) is 82.3 Å². The molecule has 0 spiro atoms. The third-order valence-corrected chi connectivity index (χ3v) is 13.6. The molecule has 2 amide bonds. The molecule has 44 heavy (non-hydrogen) atoms. The van der Waals surface area contributed by atoms with Crippen LogP contribution in [-0.4, -0.2) is 99.5 Å². The molecule has 0 aliphatic carbocycles. The lowest BCUT2D eigenvalue weighted by Gasteiger charge is -2.43. The van der Waals surface area contributed by atoms with E-state index in [2.05, 4.69) is 40.4 Å². The third-order valence-electron chi connectivity index (χ3n) is 7.35. The second-order valence-electron chi connectivity index (χ2n) is 13.2. The molecule has 2 unspecified atom stereocenters. The van der Waals surface area contributed by atoms with Gasteiger partial charge in [0, 0.05) is 32.3 Å². The van der Waals surface area contributed by atoms with Gasteiger partial charge in [0.25, 0.3) is 21.6 Å². The number of nitro groups is 1. The Morgan fingerprint density at radius 1 is 1.16 bits per heavy atom. The maximum atomic E-state index is 14.1. The lowest BCUT2D eigenvalue weighted by atomic mass is 9.97. The maximum Gasteiger partial charge on any atom is 0.410 e. The first-order valence-corrected chi connectivity index (χ1v) is 18.5. The molecular weight excluding hydrogens is 608 g/mol. The second-order valence-corrected chi connectivity index (χ2v) is 19.7. The first-order valence-electron chi connectivity index (χ1n) is 14.1. The molecule has 0 bridgehead atoms. The lowest BCUT2D eigenvalue weighted by molar-refractivity contribution is -0.388. The highest BCUT2D eigenvalue weighted by atomic mass is 32.2. The average molecular weight is 655 g/mol. The van der Waals surface area contributed by atoms with E-state index in [4.69, 9.17) is 14.0 Å². The third kappa shape index (κ3) is 8.75. The number of carbonyl (C=O) groups excluding carboxylic acids is 2. The summed E-state index contributed by atoms with van der Waals surface area (Å²) in [6, 6.07) is 2.61. The Bertz CT molecular complexity index is 1380. The molecule has 13 nitrogen and oxygen atoms in total. The Hall–Kier alpha value is -3.11. The predicted molar refractivity (Wildman–Crippen MR) is 169 cm³/mol. The van der Waals surface area contributed by atoms with E-state index in [-0.39, 0.29) is 30.4 Å². The van der Waals surface area contributed by atoms with Crippen LogP contribution < -0.4 is 0 Å². The van der Waals surface area contributed by atoms with Crippen molar-refractivity contribution in [1.82, 2.24) is 14.3 Å². The van der Waals surface area contributed by atoms with Crippen molar-refractivity contribution in [2.75, 3.05) is 33.9 Å². The van der Waals surface area contributed by atoms with Crippen molar-refractivity contribution < 1.29 is 36.9 Å². The van der Waals surface area contributed by atoms with Crippen LogP contribution in [0.3, 0.4) is 0 Å². The van der Waals surface area contributed by atoms with Gasteiger partial charge in [-0.3, -0.25) is 24.6 Å². The van der Waals surface area contributed by atoms with Gasteiger partial charge in [0.05, 0.1) is 30.2 Å². The van der Waals surface area contributed by atoms with Gasteiger partial charge >= 0.3 is 6.09 Å². The van der Waals surface area contributed by atoms with Gasteiger partial charge in [-0.1, -0.05) is 43.4 Å². The number of amides is 2. The number of hydrogen-bond acceptors (Lipinski definition) is 9. The zero-order valence-corrected chi connectivity index (χ0v) is 29.1. The highest BCUT2D eigenvalue weighted by molar-refractivity contribution is 7.89. The van der Waals surface area contributed by atoms with E-state index >= 15 is 0 Å². The molecule has 1 aromatic rings.